The topological polar surface area (TPSA) is 88.2 Å². The van der Waals surface area contributed by atoms with Crippen LogP contribution in [-0.4, -0.2) is 26.4 Å². The largest absolute Gasteiger partial charge is 0.298 e. The maximum Gasteiger partial charge on any atom is 0.257 e. The Kier molecular flexibility index (Phi) is 4.35. The molecule has 3 aromatic rings. The number of hydrogen-bond acceptors (Lipinski definition) is 5. The van der Waals surface area contributed by atoms with Gasteiger partial charge in [-0.2, -0.15) is 0 Å². The van der Waals surface area contributed by atoms with E-state index < -0.39 is 10.0 Å². The van der Waals surface area contributed by atoms with Gasteiger partial charge in [-0.15, -0.1) is 0 Å². The number of thiazole rings is 1. The monoisotopic (exact) mass is 361 g/mol. The summed E-state index contributed by atoms with van der Waals surface area (Å²) in [5.74, 6) is -0.389. The molecule has 2 aromatic carbocycles. The molecule has 0 saturated heterocycles. The first-order valence-corrected chi connectivity index (χ1v) is 9.42. The summed E-state index contributed by atoms with van der Waals surface area (Å²) in [5, 5.41) is 3.21. The molecule has 3 rings (SSSR count). The van der Waals surface area contributed by atoms with E-state index in [9.17, 15) is 13.2 Å². The number of benzene rings is 2. The van der Waals surface area contributed by atoms with E-state index in [-0.39, 0.29) is 10.8 Å². The Bertz CT molecular complexity index is 993. The van der Waals surface area contributed by atoms with Crippen molar-refractivity contribution in [3.05, 3.63) is 53.6 Å². The molecule has 24 heavy (non-hydrogen) atoms. The van der Waals surface area contributed by atoms with Gasteiger partial charge in [0.2, 0.25) is 10.0 Å². The van der Waals surface area contributed by atoms with Gasteiger partial charge in [0.1, 0.15) is 0 Å². The van der Waals surface area contributed by atoms with Crippen LogP contribution in [0.1, 0.15) is 15.9 Å². The summed E-state index contributed by atoms with van der Waals surface area (Å²) in [7, 11) is -2.28. The van der Waals surface area contributed by atoms with Gasteiger partial charge in [0.05, 0.1) is 15.1 Å². The fraction of sp³-hybridized carbons (Fsp3) is 0.125. The van der Waals surface area contributed by atoms with E-state index in [1.54, 1.807) is 13.0 Å². The molecule has 0 atom stereocenters. The number of carbonyl (C=O) groups excluding carboxylic acids is 1. The van der Waals surface area contributed by atoms with Gasteiger partial charge in [0.15, 0.2) is 5.13 Å². The minimum atomic E-state index is -3.61. The highest BCUT2D eigenvalue weighted by molar-refractivity contribution is 7.89. The van der Waals surface area contributed by atoms with E-state index >= 15 is 0 Å². The lowest BCUT2D eigenvalue weighted by atomic mass is 10.1. The second-order valence-corrected chi connectivity index (χ2v) is 8.04. The molecule has 6 nitrogen and oxygen atoms in total. The van der Waals surface area contributed by atoms with Crippen molar-refractivity contribution in [1.29, 1.82) is 0 Å². The van der Waals surface area contributed by atoms with Crippen LogP contribution < -0.4 is 10.0 Å². The van der Waals surface area contributed by atoms with Crippen molar-refractivity contribution >= 4 is 42.6 Å². The normalized spacial score (nSPS) is 11.6. The third-order valence-electron chi connectivity index (χ3n) is 3.55. The molecule has 0 aliphatic heterocycles. The molecule has 0 saturated carbocycles. The Balaban J connectivity index is 1.93. The average molecular weight is 361 g/mol. The summed E-state index contributed by atoms with van der Waals surface area (Å²) in [6, 6.07) is 12.0. The van der Waals surface area contributed by atoms with Gasteiger partial charge in [-0.1, -0.05) is 29.5 Å². The van der Waals surface area contributed by atoms with Gasteiger partial charge in [-0.05, 0) is 43.8 Å². The van der Waals surface area contributed by atoms with Crippen molar-refractivity contribution < 1.29 is 13.2 Å². The number of amides is 1. The molecule has 0 aliphatic carbocycles. The van der Waals surface area contributed by atoms with E-state index in [1.165, 1.54) is 30.5 Å². The minimum absolute atomic E-state index is 0.0463. The SMILES string of the molecule is CNS(=O)(=O)c1ccc(C)c(C(=O)Nc2nc3ccccc3s2)c1. The molecule has 0 bridgehead atoms. The predicted molar refractivity (Wildman–Crippen MR) is 95.0 cm³/mol. The highest BCUT2D eigenvalue weighted by Crippen LogP contribution is 2.26. The Morgan fingerprint density at radius 1 is 1.17 bits per heavy atom. The van der Waals surface area contributed by atoms with Crippen molar-refractivity contribution in [2.45, 2.75) is 11.8 Å². The average Bonchev–Trinajstić information content (AvgIpc) is 2.97. The quantitative estimate of drug-likeness (QED) is 0.748. The molecular formula is C16H15N3O3S2. The van der Waals surface area contributed by atoms with Crippen LogP contribution in [0.2, 0.25) is 0 Å². The third-order valence-corrected chi connectivity index (χ3v) is 5.91. The van der Waals surface area contributed by atoms with Crippen LogP contribution in [0, 0.1) is 6.92 Å². The lowest BCUT2D eigenvalue weighted by molar-refractivity contribution is 0.102. The molecule has 0 fully saturated rings. The molecule has 1 heterocycles. The first-order chi connectivity index (χ1) is 11.4. The number of nitrogens with one attached hydrogen (secondary N) is 2. The number of carbonyl (C=O) groups is 1. The highest BCUT2D eigenvalue weighted by Gasteiger charge is 2.17. The van der Waals surface area contributed by atoms with Crippen LogP contribution in [0.3, 0.4) is 0 Å². The lowest BCUT2D eigenvalue weighted by Gasteiger charge is -2.08. The summed E-state index contributed by atoms with van der Waals surface area (Å²) in [4.78, 5) is 16.9. The van der Waals surface area contributed by atoms with Crippen molar-refractivity contribution in [2.75, 3.05) is 12.4 Å². The van der Waals surface area contributed by atoms with E-state index in [2.05, 4.69) is 15.0 Å². The van der Waals surface area contributed by atoms with E-state index in [0.717, 1.165) is 10.2 Å². The summed E-state index contributed by atoms with van der Waals surface area (Å²) in [6.45, 7) is 1.75. The molecular weight excluding hydrogens is 346 g/mol. The number of aromatic nitrogens is 1. The minimum Gasteiger partial charge on any atom is -0.298 e. The zero-order valence-corrected chi connectivity index (χ0v) is 14.7. The van der Waals surface area contributed by atoms with Gasteiger partial charge in [0.25, 0.3) is 5.91 Å². The third kappa shape index (κ3) is 3.16. The number of aryl methyl sites for hydroxylation is 1. The molecule has 0 unspecified atom stereocenters. The van der Waals surface area contributed by atoms with E-state index in [1.807, 2.05) is 24.3 Å². The van der Waals surface area contributed by atoms with Crippen LogP contribution in [0.25, 0.3) is 10.2 Å². The molecule has 2 N–H and O–H groups in total. The van der Waals surface area contributed by atoms with Crippen molar-refractivity contribution in [3.63, 3.8) is 0 Å². The Morgan fingerprint density at radius 3 is 2.62 bits per heavy atom. The summed E-state index contributed by atoms with van der Waals surface area (Å²) >= 11 is 1.37. The smallest absolute Gasteiger partial charge is 0.257 e. The number of nitrogens with zero attached hydrogens (tertiary/aromatic N) is 1. The summed E-state index contributed by atoms with van der Waals surface area (Å²) in [6.07, 6.45) is 0. The number of fused-ring (bicyclic) bond motifs is 1. The van der Waals surface area contributed by atoms with Crippen molar-refractivity contribution in [3.8, 4) is 0 Å². The van der Waals surface area contributed by atoms with Gasteiger partial charge in [-0.25, -0.2) is 18.1 Å². The molecule has 1 aromatic heterocycles. The van der Waals surface area contributed by atoms with Crippen molar-refractivity contribution in [1.82, 2.24) is 9.71 Å². The van der Waals surface area contributed by atoms with Crippen LogP contribution in [0.15, 0.2) is 47.4 Å². The molecule has 0 spiro atoms. The number of sulfonamides is 1. The standard InChI is InChI=1S/C16H15N3O3S2/c1-10-7-8-11(24(21,22)17-2)9-12(10)15(20)19-16-18-13-5-3-4-6-14(13)23-16/h3-9,17H,1-2H3,(H,18,19,20). The zero-order chi connectivity index (χ0) is 17.3. The fourth-order valence-corrected chi connectivity index (χ4v) is 3.84. The number of hydrogen-bond donors (Lipinski definition) is 2. The lowest BCUT2D eigenvalue weighted by Crippen LogP contribution is -2.20. The number of para-hydroxylation sites is 1. The van der Waals surface area contributed by atoms with Gasteiger partial charge >= 0.3 is 0 Å². The summed E-state index contributed by atoms with van der Waals surface area (Å²) in [5.41, 5.74) is 1.79. The highest BCUT2D eigenvalue weighted by atomic mass is 32.2. The zero-order valence-electron chi connectivity index (χ0n) is 13.0. The molecule has 8 heteroatoms. The molecule has 0 radical (unpaired) electrons. The number of anilines is 1. The number of rotatable bonds is 4. The van der Waals surface area contributed by atoms with E-state index in [4.69, 9.17) is 0 Å². The van der Waals surface area contributed by atoms with Gasteiger partial charge in [-0.3, -0.25) is 10.1 Å². The Hall–Kier alpha value is -2.29. The molecule has 124 valence electrons. The van der Waals surface area contributed by atoms with E-state index in [0.29, 0.717) is 16.3 Å². The summed E-state index contributed by atoms with van der Waals surface area (Å²) < 4.78 is 27.0. The van der Waals surface area contributed by atoms with Gasteiger partial charge in [0, 0.05) is 5.56 Å². The first-order valence-electron chi connectivity index (χ1n) is 7.12. The predicted octanol–water partition coefficient (Wildman–Crippen LogP) is 2.77. The maximum absolute atomic E-state index is 12.5. The second kappa shape index (κ2) is 6.31. The molecule has 1 amide bonds. The maximum atomic E-state index is 12.5. The van der Waals surface area contributed by atoms with Crippen LogP contribution in [0.5, 0.6) is 0 Å². The van der Waals surface area contributed by atoms with Crippen LogP contribution in [-0.2, 0) is 10.0 Å². The fourth-order valence-electron chi connectivity index (χ4n) is 2.22. The van der Waals surface area contributed by atoms with Gasteiger partial charge < -0.3 is 0 Å². The van der Waals surface area contributed by atoms with Crippen LogP contribution in [0.4, 0.5) is 5.13 Å². The van der Waals surface area contributed by atoms with Crippen molar-refractivity contribution in [2.24, 2.45) is 0 Å². The second-order valence-electron chi connectivity index (χ2n) is 5.13. The first kappa shape index (κ1) is 16.6. The Morgan fingerprint density at radius 2 is 1.92 bits per heavy atom. The molecule has 0 aliphatic rings. The Labute approximate surface area is 143 Å². The van der Waals surface area contributed by atoms with Crippen LogP contribution >= 0.6 is 11.3 Å².